The third kappa shape index (κ3) is 2.66. The van der Waals surface area contributed by atoms with Crippen molar-refractivity contribution in [3.63, 3.8) is 0 Å². The second-order valence-corrected chi connectivity index (χ2v) is 7.83. The quantitative estimate of drug-likeness (QED) is 0.832. The van der Waals surface area contributed by atoms with Gasteiger partial charge in [-0.3, -0.25) is 0 Å². The van der Waals surface area contributed by atoms with Crippen LogP contribution >= 0.6 is 11.8 Å². The van der Waals surface area contributed by atoms with E-state index in [9.17, 15) is 9.50 Å². The summed E-state index contributed by atoms with van der Waals surface area (Å²) in [5.74, 6) is 0.765. The van der Waals surface area contributed by atoms with Crippen molar-refractivity contribution in [2.45, 2.75) is 26.0 Å². The van der Waals surface area contributed by atoms with Crippen molar-refractivity contribution in [2.24, 2.45) is 0 Å². The van der Waals surface area contributed by atoms with E-state index in [0.29, 0.717) is 6.54 Å². The average molecular weight is 357 g/mol. The lowest BCUT2D eigenvalue weighted by molar-refractivity contribution is -0.656. The number of amidine groups is 1. The van der Waals surface area contributed by atoms with Crippen LogP contribution < -0.4 is 4.90 Å². The molecule has 0 amide bonds. The predicted octanol–water partition coefficient (Wildman–Crippen LogP) is 3.61. The van der Waals surface area contributed by atoms with E-state index in [0.717, 1.165) is 35.1 Å². The first-order valence-corrected chi connectivity index (χ1v) is 9.59. The van der Waals surface area contributed by atoms with E-state index in [1.807, 2.05) is 0 Å². The molecule has 0 saturated heterocycles. The first-order chi connectivity index (χ1) is 12.0. The van der Waals surface area contributed by atoms with Gasteiger partial charge >= 0.3 is 5.17 Å². The average Bonchev–Trinajstić information content (AvgIpc) is 2.92. The summed E-state index contributed by atoms with van der Waals surface area (Å²) >= 11 is 1.79. The second kappa shape index (κ2) is 6.15. The summed E-state index contributed by atoms with van der Waals surface area (Å²) in [7, 11) is 0. The van der Waals surface area contributed by atoms with Crippen molar-refractivity contribution in [1.82, 2.24) is 0 Å². The van der Waals surface area contributed by atoms with E-state index < -0.39 is 5.72 Å². The number of thioether (sulfide) groups is 1. The maximum atomic E-state index is 13.4. The molecule has 0 saturated carbocycles. The predicted molar refractivity (Wildman–Crippen MR) is 101 cm³/mol. The maximum Gasteiger partial charge on any atom is 0.316 e. The molecule has 130 valence electrons. The van der Waals surface area contributed by atoms with Gasteiger partial charge < -0.3 is 5.11 Å². The molecule has 3 nitrogen and oxygen atoms in total. The Morgan fingerprint density at radius 1 is 1.16 bits per heavy atom. The largest absolute Gasteiger partial charge is 0.346 e. The number of aliphatic hydroxyl groups is 1. The molecule has 5 heteroatoms. The van der Waals surface area contributed by atoms with Crippen LogP contribution in [0, 0.1) is 19.7 Å². The summed E-state index contributed by atoms with van der Waals surface area (Å²) in [6, 6.07) is 12.5. The van der Waals surface area contributed by atoms with Gasteiger partial charge in [-0.25, -0.2) is 13.9 Å². The first kappa shape index (κ1) is 16.6. The fourth-order valence-electron chi connectivity index (χ4n) is 3.68. The zero-order valence-electron chi connectivity index (χ0n) is 14.5. The maximum absolute atomic E-state index is 13.4. The molecule has 2 aliphatic heterocycles. The Labute approximate surface area is 151 Å². The zero-order chi connectivity index (χ0) is 17.6. The number of benzene rings is 2. The monoisotopic (exact) mass is 357 g/mol. The van der Waals surface area contributed by atoms with Crippen molar-refractivity contribution in [1.29, 1.82) is 0 Å². The molecule has 1 unspecified atom stereocenters. The van der Waals surface area contributed by atoms with E-state index >= 15 is 0 Å². The first-order valence-electron chi connectivity index (χ1n) is 8.60. The van der Waals surface area contributed by atoms with Gasteiger partial charge in [0.1, 0.15) is 11.5 Å². The summed E-state index contributed by atoms with van der Waals surface area (Å²) in [6.07, 6.45) is 1.03. The normalized spacial score (nSPS) is 23.1. The van der Waals surface area contributed by atoms with Crippen molar-refractivity contribution in [3.8, 4) is 0 Å². The van der Waals surface area contributed by atoms with Crippen LogP contribution in [0.5, 0.6) is 0 Å². The van der Waals surface area contributed by atoms with Gasteiger partial charge in [0.05, 0.1) is 6.54 Å². The lowest BCUT2D eigenvalue weighted by Crippen LogP contribution is -2.41. The highest BCUT2D eigenvalue weighted by atomic mass is 32.2. The third-order valence-electron chi connectivity index (χ3n) is 5.22. The second-order valence-electron chi connectivity index (χ2n) is 6.76. The topological polar surface area (TPSA) is 26.5 Å². The van der Waals surface area contributed by atoms with E-state index in [-0.39, 0.29) is 5.82 Å². The number of β-amino-alcohol motifs (C(OH)–C–C–N with tert-alkyl or cyclic N) is 1. The molecule has 0 spiro atoms. The molecule has 0 aromatic heterocycles. The highest BCUT2D eigenvalue weighted by Gasteiger charge is 2.53. The number of rotatable bonds is 2. The molecular weight excluding hydrogens is 335 g/mol. The number of halogens is 1. The summed E-state index contributed by atoms with van der Waals surface area (Å²) in [5, 5.41) is 12.7. The number of nitrogens with zero attached hydrogens (tertiary/aromatic N) is 2. The molecule has 1 atom stereocenters. The lowest BCUT2D eigenvalue weighted by Gasteiger charge is -2.24. The Hall–Kier alpha value is -1.85. The smallest absolute Gasteiger partial charge is 0.316 e. The fraction of sp³-hybridized carbons (Fsp3) is 0.350. The molecule has 0 fully saturated rings. The fourth-order valence-corrected chi connectivity index (χ4v) is 4.85. The summed E-state index contributed by atoms with van der Waals surface area (Å²) in [4.78, 5) is 2.22. The Kier molecular flexibility index (Phi) is 4.08. The number of hydrogen-bond donors (Lipinski definition) is 1. The number of anilines is 1. The molecule has 4 rings (SSSR count). The zero-order valence-corrected chi connectivity index (χ0v) is 15.3. The number of aryl methyl sites for hydroxylation is 1. The molecule has 25 heavy (non-hydrogen) atoms. The minimum atomic E-state index is -1.13. The molecule has 2 heterocycles. The molecule has 0 bridgehead atoms. The van der Waals surface area contributed by atoms with Gasteiger partial charge in [0, 0.05) is 11.3 Å². The number of hydrogen-bond acceptors (Lipinski definition) is 3. The molecule has 2 aromatic carbocycles. The van der Waals surface area contributed by atoms with Crippen LogP contribution in [-0.4, -0.2) is 33.7 Å². The van der Waals surface area contributed by atoms with Crippen LogP contribution in [0.3, 0.4) is 0 Å². The van der Waals surface area contributed by atoms with E-state index in [4.69, 9.17) is 0 Å². The van der Waals surface area contributed by atoms with Crippen LogP contribution in [0.15, 0.2) is 42.5 Å². The van der Waals surface area contributed by atoms with Crippen molar-refractivity contribution in [3.05, 3.63) is 65.0 Å². The third-order valence-corrected chi connectivity index (χ3v) is 6.41. The van der Waals surface area contributed by atoms with Crippen LogP contribution in [0.25, 0.3) is 0 Å². The van der Waals surface area contributed by atoms with E-state index in [1.54, 1.807) is 23.9 Å². The Morgan fingerprint density at radius 3 is 2.68 bits per heavy atom. The van der Waals surface area contributed by atoms with E-state index in [2.05, 4.69) is 41.5 Å². The Morgan fingerprint density at radius 2 is 1.92 bits per heavy atom. The molecule has 2 aliphatic rings. The van der Waals surface area contributed by atoms with Gasteiger partial charge in [-0.05, 0) is 73.5 Å². The Balaban J connectivity index is 1.83. The highest BCUT2D eigenvalue weighted by molar-refractivity contribution is 8.13. The minimum Gasteiger partial charge on any atom is -0.346 e. The molecule has 0 aliphatic carbocycles. The Bertz CT molecular complexity index is 849. The highest BCUT2D eigenvalue weighted by Crippen LogP contribution is 2.38. The SMILES string of the molecule is Cc1cccc(N2CC(O)(c3ccc(F)cc3)[N+]3=C2SCCC3)c1C. The van der Waals surface area contributed by atoms with Crippen molar-refractivity contribution < 1.29 is 14.1 Å². The van der Waals surface area contributed by atoms with Gasteiger partial charge in [0.2, 0.25) is 0 Å². The van der Waals surface area contributed by atoms with Crippen LogP contribution in [0.4, 0.5) is 10.1 Å². The standard InChI is InChI=1S/C20H22FN2OS/c1-14-5-3-6-18(15(14)2)22-13-20(24,16-7-9-17(21)10-8-16)23-11-4-12-25-19(22)23/h3,5-10,24H,4,11-13H2,1-2H3/q+1. The van der Waals surface area contributed by atoms with Crippen LogP contribution in [0.2, 0.25) is 0 Å². The minimum absolute atomic E-state index is 0.283. The van der Waals surface area contributed by atoms with E-state index in [1.165, 1.54) is 23.3 Å². The lowest BCUT2D eigenvalue weighted by atomic mass is 10.0. The van der Waals surface area contributed by atoms with Gasteiger partial charge in [-0.15, -0.1) is 0 Å². The summed E-state index contributed by atoms with van der Waals surface area (Å²) in [6.45, 7) is 5.48. The van der Waals surface area contributed by atoms with Gasteiger partial charge in [-0.1, -0.05) is 12.1 Å². The van der Waals surface area contributed by atoms with Gasteiger partial charge in [-0.2, -0.15) is 0 Å². The summed E-state index contributed by atoms with van der Waals surface area (Å²) in [5.41, 5.74) is 3.20. The van der Waals surface area contributed by atoms with Crippen molar-refractivity contribution in [2.75, 3.05) is 23.7 Å². The van der Waals surface area contributed by atoms with Gasteiger partial charge in [0.15, 0.2) is 6.54 Å². The molecule has 2 aromatic rings. The summed E-state index contributed by atoms with van der Waals surface area (Å²) < 4.78 is 15.4. The molecule has 0 radical (unpaired) electrons. The molecular formula is C20H22FN2OS+. The molecule has 1 N–H and O–H groups in total. The van der Waals surface area contributed by atoms with Crippen molar-refractivity contribution >= 4 is 22.6 Å². The van der Waals surface area contributed by atoms with Crippen LogP contribution in [-0.2, 0) is 5.72 Å². The van der Waals surface area contributed by atoms with Crippen LogP contribution in [0.1, 0.15) is 23.1 Å². The van der Waals surface area contributed by atoms with Gasteiger partial charge in [0.25, 0.3) is 5.72 Å².